The van der Waals surface area contributed by atoms with Crippen LogP contribution in [0, 0.1) is 0 Å². The van der Waals surface area contributed by atoms with Crippen LogP contribution < -0.4 is 0 Å². The molecule has 7 nitrogen and oxygen atoms in total. The standard InChI is InChI=1S/C81H50N6O/c1-5-21-51(22-6-1)54-39-42-72-66(46-54)67-48-56(55-40-43-71-65(47-55)62-31-13-16-35-69(62)85(71)59-29-11-4-12-30-59)41-44-73(67)86(72)60-49-68-63-32-15-18-38-76(63)88-78(68)75(50-60)87-70-36-17-14-33-64(70)77-61(34-20-37-74(77)87)57-27-19-28-58(45-57)81-83-79(52-23-7-2-8-24-52)82-80(84-81)53-25-9-3-10-26-53/h1-50H. The van der Waals surface area contributed by atoms with E-state index in [-0.39, 0.29) is 0 Å². The summed E-state index contributed by atoms with van der Waals surface area (Å²) in [4.78, 5) is 15.3. The van der Waals surface area contributed by atoms with E-state index in [1.807, 2.05) is 60.7 Å². The lowest BCUT2D eigenvalue weighted by Gasteiger charge is -2.14. The summed E-state index contributed by atoms with van der Waals surface area (Å²) >= 11 is 0. The van der Waals surface area contributed by atoms with Gasteiger partial charge in [0.25, 0.3) is 0 Å². The van der Waals surface area contributed by atoms with Crippen molar-refractivity contribution >= 4 is 87.4 Å². The van der Waals surface area contributed by atoms with Crippen molar-refractivity contribution < 1.29 is 4.42 Å². The van der Waals surface area contributed by atoms with Crippen molar-refractivity contribution in [3.63, 3.8) is 0 Å². The van der Waals surface area contributed by atoms with Gasteiger partial charge >= 0.3 is 0 Å². The summed E-state index contributed by atoms with van der Waals surface area (Å²) in [6.07, 6.45) is 0. The zero-order chi connectivity index (χ0) is 57.8. The van der Waals surface area contributed by atoms with E-state index < -0.39 is 0 Å². The number of aromatic nitrogens is 6. The summed E-state index contributed by atoms with van der Waals surface area (Å²) in [5.74, 6) is 1.86. The smallest absolute Gasteiger partial charge is 0.164 e. The molecule has 0 spiro atoms. The molecule has 0 radical (unpaired) electrons. The zero-order valence-electron chi connectivity index (χ0n) is 47.5. The van der Waals surface area contributed by atoms with Gasteiger partial charge in [0.2, 0.25) is 0 Å². The van der Waals surface area contributed by atoms with Crippen LogP contribution in [0.15, 0.2) is 308 Å². The van der Waals surface area contributed by atoms with Gasteiger partial charge in [-0.25, -0.2) is 15.0 Å². The van der Waals surface area contributed by atoms with E-state index in [0.717, 1.165) is 111 Å². The lowest BCUT2D eigenvalue weighted by atomic mass is 9.97. The van der Waals surface area contributed by atoms with Gasteiger partial charge in [0, 0.05) is 71.2 Å². The van der Waals surface area contributed by atoms with Crippen LogP contribution in [0.5, 0.6) is 0 Å². The second kappa shape index (κ2) is 19.8. The average molecular weight is 1120 g/mol. The molecule has 0 fully saturated rings. The van der Waals surface area contributed by atoms with Crippen molar-refractivity contribution in [3.8, 4) is 84.6 Å². The molecule has 0 atom stereocenters. The number of para-hydroxylation sites is 4. The molecular formula is C81H50N6O. The fourth-order valence-electron chi connectivity index (χ4n) is 13.7. The molecule has 0 amide bonds. The van der Waals surface area contributed by atoms with E-state index >= 15 is 0 Å². The SMILES string of the molecule is c1ccc(-c2ccc3c(c2)c2cc(-c4ccc5c(c4)c4ccccc4n5-c4ccccc4)ccc2n3-c2cc(-n3c4ccccc4c4c(-c5cccc(-c6nc(-c7ccccc7)nc(-c7ccccc7)n6)c5)cccc43)c3oc4ccccc4c3c2)cc1. The Bertz CT molecular complexity index is 5740. The van der Waals surface area contributed by atoms with Crippen molar-refractivity contribution in [2.24, 2.45) is 0 Å². The number of furan rings is 1. The van der Waals surface area contributed by atoms with Gasteiger partial charge in [0.1, 0.15) is 5.58 Å². The van der Waals surface area contributed by atoms with Crippen molar-refractivity contribution in [2.45, 2.75) is 0 Å². The Hall–Kier alpha value is -11.9. The van der Waals surface area contributed by atoms with Crippen LogP contribution in [0.1, 0.15) is 0 Å². The van der Waals surface area contributed by atoms with Gasteiger partial charge in [-0.1, -0.05) is 212 Å². The summed E-state index contributed by atoms with van der Waals surface area (Å²) in [6, 6.07) is 109. The topological polar surface area (TPSA) is 66.6 Å². The predicted molar refractivity (Wildman–Crippen MR) is 363 cm³/mol. The van der Waals surface area contributed by atoms with Crippen molar-refractivity contribution in [1.82, 2.24) is 28.7 Å². The van der Waals surface area contributed by atoms with Crippen molar-refractivity contribution in [3.05, 3.63) is 303 Å². The maximum Gasteiger partial charge on any atom is 0.164 e. The molecule has 0 aliphatic carbocycles. The van der Waals surface area contributed by atoms with Gasteiger partial charge in [-0.05, 0) is 124 Å². The van der Waals surface area contributed by atoms with Gasteiger partial charge in [0.05, 0.1) is 38.8 Å². The fourth-order valence-corrected chi connectivity index (χ4v) is 13.7. The Morgan fingerprint density at radius 3 is 1.32 bits per heavy atom. The van der Waals surface area contributed by atoms with Crippen LogP contribution in [-0.2, 0) is 0 Å². The van der Waals surface area contributed by atoms with Crippen LogP contribution in [0.3, 0.4) is 0 Å². The van der Waals surface area contributed by atoms with Crippen molar-refractivity contribution in [1.29, 1.82) is 0 Å². The van der Waals surface area contributed by atoms with Crippen LogP contribution in [0.25, 0.3) is 172 Å². The van der Waals surface area contributed by atoms with E-state index in [2.05, 4.69) is 256 Å². The molecule has 5 heterocycles. The normalized spacial score (nSPS) is 11.9. The number of rotatable bonds is 9. The van der Waals surface area contributed by atoms with Gasteiger partial charge < -0.3 is 18.1 Å². The Morgan fingerprint density at radius 2 is 0.682 bits per heavy atom. The highest BCUT2D eigenvalue weighted by Crippen LogP contribution is 2.46. The molecule has 0 saturated carbocycles. The first kappa shape index (κ1) is 49.5. The minimum atomic E-state index is 0.607. The Morgan fingerprint density at radius 1 is 0.239 bits per heavy atom. The summed E-state index contributed by atoms with van der Waals surface area (Å²) in [5, 5.41) is 9.16. The van der Waals surface area contributed by atoms with Gasteiger partial charge in [-0.15, -0.1) is 0 Å². The molecule has 88 heavy (non-hydrogen) atoms. The van der Waals surface area contributed by atoms with Gasteiger partial charge in [-0.2, -0.15) is 0 Å². The Labute approximate surface area is 505 Å². The number of hydrogen-bond acceptors (Lipinski definition) is 4. The quantitative estimate of drug-likeness (QED) is 0.144. The van der Waals surface area contributed by atoms with Crippen molar-refractivity contribution in [2.75, 3.05) is 0 Å². The minimum absolute atomic E-state index is 0.607. The molecule has 5 aromatic heterocycles. The van der Waals surface area contributed by atoms with Crippen LogP contribution in [-0.4, -0.2) is 28.7 Å². The third-order valence-electron chi connectivity index (χ3n) is 17.7. The Kier molecular flexibility index (Phi) is 11.2. The number of fused-ring (bicyclic) bond motifs is 12. The molecule has 0 saturated heterocycles. The third-order valence-corrected chi connectivity index (χ3v) is 17.7. The molecule has 0 N–H and O–H groups in total. The molecular weight excluding hydrogens is 1070 g/mol. The first-order chi connectivity index (χ1) is 43.6. The maximum atomic E-state index is 7.08. The molecule has 13 aromatic carbocycles. The highest BCUT2D eigenvalue weighted by atomic mass is 16.3. The first-order valence-corrected chi connectivity index (χ1v) is 29.8. The van der Waals surface area contributed by atoms with E-state index in [0.29, 0.717) is 17.5 Å². The second-order valence-electron chi connectivity index (χ2n) is 22.7. The summed E-state index contributed by atoms with van der Waals surface area (Å²) in [7, 11) is 0. The lowest BCUT2D eigenvalue weighted by Crippen LogP contribution is -2.00. The number of hydrogen-bond donors (Lipinski definition) is 0. The predicted octanol–water partition coefficient (Wildman–Crippen LogP) is 21.1. The molecule has 0 aliphatic heterocycles. The van der Waals surface area contributed by atoms with E-state index in [4.69, 9.17) is 19.4 Å². The summed E-state index contributed by atoms with van der Waals surface area (Å²) in [6.45, 7) is 0. The number of benzene rings is 13. The van der Waals surface area contributed by atoms with Crippen LogP contribution in [0.4, 0.5) is 0 Å². The zero-order valence-corrected chi connectivity index (χ0v) is 47.5. The molecule has 410 valence electrons. The Balaban J connectivity index is 0.839. The van der Waals surface area contributed by atoms with E-state index in [1.54, 1.807) is 0 Å². The largest absolute Gasteiger partial charge is 0.454 e. The molecule has 7 heteroatoms. The summed E-state index contributed by atoms with van der Waals surface area (Å²) in [5.41, 5.74) is 21.1. The van der Waals surface area contributed by atoms with Gasteiger partial charge in [-0.3, -0.25) is 0 Å². The van der Waals surface area contributed by atoms with Gasteiger partial charge in [0.15, 0.2) is 23.1 Å². The molecule has 18 rings (SSSR count). The second-order valence-corrected chi connectivity index (χ2v) is 22.7. The number of nitrogens with zero attached hydrogens (tertiary/aromatic N) is 6. The fraction of sp³-hybridized carbons (Fsp3) is 0. The third kappa shape index (κ3) is 7.88. The molecule has 0 aliphatic rings. The lowest BCUT2D eigenvalue weighted by molar-refractivity contribution is 0.666. The van der Waals surface area contributed by atoms with E-state index in [9.17, 15) is 0 Å². The average Bonchev–Trinajstić information content (AvgIpc) is 1.62. The molecule has 0 unspecified atom stereocenters. The monoisotopic (exact) mass is 1120 g/mol. The van der Waals surface area contributed by atoms with Crippen LogP contribution in [0.2, 0.25) is 0 Å². The van der Waals surface area contributed by atoms with E-state index in [1.165, 1.54) is 43.7 Å². The highest BCUT2D eigenvalue weighted by molar-refractivity contribution is 6.19. The molecule has 18 aromatic rings. The first-order valence-electron chi connectivity index (χ1n) is 29.8. The maximum absolute atomic E-state index is 7.08. The highest BCUT2D eigenvalue weighted by Gasteiger charge is 2.24. The minimum Gasteiger partial charge on any atom is -0.454 e. The molecule has 0 bridgehead atoms. The van der Waals surface area contributed by atoms with Crippen LogP contribution >= 0.6 is 0 Å². The summed E-state index contributed by atoms with van der Waals surface area (Å²) < 4.78 is 14.3.